The van der Waals surface area contributed by atoms with Crippen LogP contribution >= 0.6 is 11.8 Å². The van der Waals surface area contributed by atoms with E-state index < -0.39 is 26.5 Å². The maximum absolute atomic E-state index is 13.0. The van der Waals surface area contributed by atoms with Gasteiger partial charge in [0.2, 0.25) is 0 Å². The molecule has 0 saturated heterocycles. The van der Waals surface area contributed by atoms with E-state index in [1.807, 2.05) is 71.7 Å². The number of benzene rings is 4. The van der Waals surface area contributed by atoms with Crippen LogP contribution in [0.3, 0.4) is 0 Å². The van der Waals surface area contributed by atoms with Crippen molar-refractivity contribution in [3.8, 4) is 11.1 Å². The fourth-order valence-corrected chi connectivity index (χ4v) is 6.19. The van der Waals surface area contributed by atoms with E-state index in [2.05, 4.69) is 22.0 Å². The zero-order valence-corrected chi connectivity index (χ0v) is 24.6. The smallest absolute Gasteiger partial charge is 0.293 e. The highest BCUT2D eigenvalue weighted by Crippen LogP contribution is 2.28. The maximum atomic E-state index is 13.0. The molecule has 9 nitrogen and oxygen atoms in total. The van der Waals surface area contributed by atoms with Crippen molar-refractivity contribution < 1.29 is 18.1 Å². The second-order valence-electron chi connectivity index (χ2n) is 9.59. The SMILES string of the molecule is O=C(NS(=O)(=O)c1ccc(NCCSc2ccccc2)c([N+](=O)[O-])c1)c1ccc(-c2ccn(Cc3ccccc3)c2)cc1. The van der Waals surface area contributed by atoms with Gasteiger partial charge in [-0.1, -0.05) is 60.7 Å². The molecule has 1 heterocycles. The Labute approximate surface area is 253 Å². The number of rotatable bonds is 12. The third-order valence-electron chi connectivity index (χ3n) is 6.57. The Kier molecular flexibility index (Phi) is 9.23. The van der Waals surface area contributed by atoms with Gasteiger partial charge in [-0.05, 0) is 59.2 Å². The van der Waals surface area contributed by atoms with Gasteiger partial charge in [0.05, 0.1) is 9.82 Å². The monoisotopic (exact) mass is 612 g/mol. The molecule has 2 N–H and O–H groups in total. The van der Waals surface area contributed by atoms with Crippen LogP contribution in [0, 0.1) is 10.1 Å². The zero-order valence-electron chi connectivity index (χ0n) is 22.9. The lowest BCUT2D eigenvalue weighted by molar-refractivity contribution is -0.384. The minimum Gasteiger partial charge on any atom is -0.379 e. The summed E-state index contributed by atoms with van der Waals surface area (Å²) in [4.78, 5) is 24.6. The van der Waals surface area contributed by atoms with Gasteiger partial charge in [-0.25, -0.2) is 13.1 Å². The lowest BCUT2D eigenvalue weighted by Gasteiger charge is -2.10. The highest BCUT2D eigenvalue weighted by atomic mass is 32.2. The van der Waals surface area contributed by atoms with Crippen LogP contribution in [0.1, 0.15) is 15.9 Å². The fraction of sp³-hybridized carbons (Fsp3) is 0.0938. The predicted molar refractivity (Wildman–Crippen MR) is 169 cm³/mol. The van der Waals surface area contributed by atoms with Crippen molar-refractivity contribution in [3.05, 3.63) is 143 Å². The summed E-state index contributed by atoms with van der Waals surface area (Å²) in [5.41, 5.74) is 2.93. The summed E-state index contributed by atoms with van der Waals surface area (Å²) >= 11 is 1.59. The third-order valence-corrected chi connectivity index (χ3v) is 8.91. The van der Waals surface area contributed by atoms with Crippen molar-refractivity contribution in [3.63, 3.8) is 0 Å². The molecule has 1 amide bonds. The Morgan fingerprint density at radius 3 is 2.26 bits per heavy atom. The van der Waals surface area contributed by atoms with E-state index in [1.165, 1.54) is 29.8 Å². The number of aromatic nitrogens is 1. The predicted octanol–water partition coefficient (Wildman–Crippen LogP) is 6.43. The van der Waals surface area contributed by atoms with E-state index >= 15 is 0 Å². The number of anilines is 1. The molecule has 0 radical (unpaired) electrons. The molecule has 4 aromatic carbocycles. The first-order valence-electron chi connectivity index (χ1n) is 13.4. The van der Waals surface area contributed by atoms with Gasteiger partial charge in [-0.2, -0.15) is 0 Å². The second-order valence-corrected chi connectivity index (χ2v) is 12.4. The Morgan fingerprint density at radius 2 is 1.56 bits per heavy atom. The van der Waals surface area contributed by atoms with E-state index in [4.69, 9.17) is 0 Å². The van der Waals surface area contributed by atoms with Crippen LogP contribution < -0.4 is 10.0 Å². The van der Waals surface area contributed by atoms with E-state index in [1.54, 1.807) is 23.9 Å². The Morgan fingerprint density at radius 1 is 0.860 bits per heavy atom. The van der Waals surface area contributed by atoms with Crippen LogP contribution in [0.2, 0.25) is 0 Å². The number of amides is 1. The Balaban J connectivity index is 1.22. The Bertz CT molecular complexity index is 1830. The molecule has 218 valence electrons. The summed E-state index contributed by atoms with van der Waals surface area (Å²) in [5, 5.41) is 14.7. The molecule has 0 aliphatic carbocycles. The van der Waals surface area contributed by atoms with Gasteiger partial charge >= 0.3 is 0 Å². The molecule has 0 aliphatic heterocycles. The quantitative estimate of drug-likeness (QED) is 0.0720. The number of carbonyl (C=O) groups is 1. The molecule has 0 bridgehead atoms. The molecule has 0 aliphatic rings. The van der Waals surface area contributed by atoms with Crippen LogP contribution in [0.5, 0.6) is 0 Å². The fourth-order valence-electron chi connectivity index (χ4n) is 4.41. The highest BCUT2D eigenvalue weighted by molar-refractivity contribution is 7.99. The number of nitrogens with zero attached hydrogens (tertiary/aromatic N) is 2. The molecule has 5 rings (SSSR count). The molecule has 43 heavy (non-hydrogen) atoms. The molecule has 0 unspecified atom stereocenters. The first-order chi connectivity index (χ1) is 20.8. The summed E-state index contributed by atoms with van der Waals surface area (Å²) in [6.07, 6.45) is 3.97. The third kappa shape index (κ3) is 7.70. The molecule has 0 saturated carbocycles. The lowest BCUT2D eigenvalue weighted by atomic mass is 10.1. The molecule has 0 spiro atoms. The minimum atomic E-state index is -4.37. The molecule has 0 fully saturated rings. The molecular weight excluding hydrogens is 585 g/mol. The number of nitrogens with one attached hydrogen (secondary N) is 2. The van der Waals surface area contributed by atoms with Gasteiger partial charge < -0.3 is 9.88 Å². The first kappa shape index (κ1) is 29.6. The van der Waals surface area contributed by atoms with Crippen LogP contribution in [0.4, 0.5) is 11.4 Å². The van der Waals surface area contributed by atoms with Crippen LogP contribution in [0.15, 0.2) is 131 Å². The zero-order chi connectivity index (χ0) is 30.2. The number of thioether (sulfide) groups is 1. The van der Waals surface area contributed by atoms with Crippen LogP contribution in [-0.2, 0) is 16.6 Å². The Hall–Kier alpha value is -4.87. The van der Waals surface area contributed by atoms with Crippen LogP contribution in [-0.4, -0.2) is 36.1 Å². The van der Waals surface area contributed by atoms with Crippen molar-refractivity contribution in [1.82, 2.24) is 9.29 Å². The van der Waals surface area contributed by atoms with E-state index in [0.717, 1.165) is 28.6 Å². The van der Waals surface area contributed by atoms with Crippen molar-refractivity contribution in [2.45, 2.75) is 16.3 Å². The summed E-state index contributed by atoms with van der Waals surface area (Å²) in [5.74, 6) is -0.189. The van der Waals surface area contributed by atoms with Crippen LogP contribution in [0.25, 0.3) is 11.1 Å². The summed E-state index contributed by atoms with van der Waals surface area (Å²) in [7, 11) is -4.37. The van der Waals surface area contributed by atoms with Crippen molar-refractivity contribution in [2.75, 3.05) is 17.6 Å². The maximum Gasteiger partial charge on any atom is 0.293 e. The largest absolute Gasteiger partial charge is 0.379 e. The van der Waals surface area contributed by atoms with E-state index in [0.29, 0.717) is 12.3 Å². The first-order valence-corrected chi connectivity index (χ1v) is 15.8. The van der Waals surface area contributed by atoms with Gasteiger partial charge in [0, 0.05) is 47.8 Å². The highest BCUT2D eigenvalue weighted by Gasteiger charge is 2.24. The average molecular weight is 613 g/mol. The number of nitro benzene ring substituents is 1. The average Bonchev–Trinajstić information content (AvgIpc) is 3.48. The standard InChI is InChI=1S/C32H28N4O5S2/c37-32(26-13-11-25(12-14-26)27-17-19-35(23-27)22-24-7-3-1-4-8-24)34-43(40,41)29-15-16-30(31(21-29)36(38)39)33-18-20-42-28-9-5-2-6-10-28/h1-17,19,21,23,33H,18,20,22H2,(H,34,37). The van der Waals surface area contributed by atoms with Gasteiger partial charge in [-0.3, -0.25) is 14.9 Å². The summed E-state index contributed by atoms with van der Waals surface area (Å²) in [6, 6.07) is 31.8. The summed E-state index contributed by atoms with van der Waals surface area (Å²) in [6.45, 7) is 1.15. The normalized spacial score (nSPS) is 11.2. The topological polar surface area (TPSA) is 123 Å². The van der Waals surface area contributed by atoms with E-state index in [-0.39, 0.29) is 16.1 Å². The van der Waals surface area contributed by atoms with Gasteiger partial charge in [-0.15, -0.1) is 11.8 Å². The number of sulfonamides is 1. The van der Waals surface area contributed by atoms with Gasteiger partial charge in [0.25, 0.3) is 21.6 Å². The van der Waals surface area contributed by atoms with Crippen molar-refractivity contribution in [1.29, 1.82) is 0 Å². The molecule has 1 aromatic heterocycles. The molecule has 0 atom stereocenters. The summed E-state index contributed by atoms with van der Waals surface area (Å²) < 4.78 is 30.0. The lowest BCUT2D eigenvalue weighted by Crippen LogP contribution is -2.30. The number of hydrogen-bond donors (Lipinski definition) is 2. The number of carbonyl (C=O) groups excluding carboxylic acids is 1. The minimum absolute atomic E-state index is 0.139. The molecular formula is C32H28N4O5S2. The second kappa shape index (κ2) is 13.4. The van der Waals surface area contributed by atoms with E-state index in [9.17, 15) is 23.3 Å². The number of nitro groups is 1. The molecule has 5 aromatic rings. The van der Waals surface area contributed by atoms with Crippen molar-refractivity contribution >= 4 is 39.1 Å². The number of hydrogen-bond acceptors (Lipinski definition) is 7. The molecule has 11 heteroatoms. The van der Waals surface area contributed by atoms with Gasteiger partial charge in [0.1, 0.15) is 5.69 Å². The van der Waals surface area contributed by atoms with Crippen molar-refractivity contribution in [2.24, 2.45) is 0 Å². The van der Waals surface area contributed by atoms with Gasteiger partial charge in [0.15, 0.2) is 0 Å².